The van der Waals surface area contributed by atoms with E-state index in [1.54, 1.807) is 38.6 Å². The Morgan fingerprint density at radius 1 is 0.742 bits per heavy atom. The maximum atomic E-state index is 10.5. The Balaban J connectivity index is 2.08. The summed E-state index contributed by atoms with van der Waals surface area (Å²) in [5.74, 6) is 1.13. The first-order chi connectivity index (χ1) is 14.9. The van der Waals surface area contributed by atoms with Gasteiger partial charge in [0, 0.05) is 35.5 Å². The molecule has 0 unspecified atom stereocenters. The Hall–Kier alpha value is -4.00. The standard InChI is InChI=1S/C24H22N2O5/c1-13-5-6-17(25-12-13)16-9-18(15-10-22(30-3)21(28)11-20(15)27)26-19-7-14(29-2)8-23(31-4)24(16)19/h5-12,27-28H,1-4H3. The monoisotopic (exact) mass is 418 g/mol. The van der Waals surface area contributed by atoms with Gasteiger partial charge in [0.05, 0.1) is 43.6 Å². The van der Waals surface area contributed by atoms with Gasteiger partial charge in [-0.25, -0.2) is 4.98 Å². The SMILES string of the molecule is COc1cc(OC)c2c(-c3ccc(C)cn3)cc(-c3cc(OC)c(O)cc3O)nc2c1. The summed E-state index contributed by atoms with van der Waals surface area (Å²) in [6, 6.07) is 12.1. The van der Waals surface area contributed by atoms with Crippen molar-refractivity contribution in [3.05, 3.63) is 54.2 Å². The number of ether oxygens (including phenoxy) is 3. The Bertz CT molecular complexity index is 1270. The molecular formula is C24H22N2O5. The Labute approximate surface area is 179 Å². The van der Waals surface area contributed by atoms with Crippen molar-refractivity contribution in [1.82, 2.24) is 9.97 Å². The predicted molar refractivity (Wildman–Crippen MR) is 118 cm³/mol. The molecule has 4 rings (SSSR count). The first-order valence-corrected chi connectivity index (χ1v) is 9.55. The van der Waals surface area contributed by atoms with Crippen molar-refractivity contribution in [3.8, 4) is 51.3 Å². The summed E-state index contributed by atoms with van der Waals surface area (Å²) < 4.78 is 16.2. The minimum absolute atomic E-state index is 0.122. The normalized spacial score (nSPS) is 10.8. The topological polar surface area (TPSA) is 93.9 Å². The van der Waals surface area contributed by atoms with Crippen molar-refractivity contribution >= 4 is 10.9 Å². The van der Waals surface area contributed by atoms with Crippen molar-refractivity contribution in [3.63, 3.8) is 0 Å². The fraction of sp³-hybridized carbons (Fsp3) is 0.167. The molecule has 2 aromatic heterocycles. The number of aromatic nitrogens is 2. The third-order valence-electron chi connectivity index (χ3n) is 5.06. The second kappa shape index (κ2) is 8.02. The van der Waals surface area contributed by atoms with Gasteiger partial charge in [-0.2, -0.15) is 0 Å². The summed E-state index contributed by atoms with van der Waals surface area (Å²) >= 11 is 0. The van der Waals surface area contributed by atoms with Crippen LogP contribution in [0.25, 0.3) is 33.4 Å². The molecule has 2 N–H and O–H groups in total. The third-order valence-corrected chi connectivity index (χ3v) is 5.06. The maximum Gasteiger partial charge on any atom is 0.161 e. The molecule has 7 heteroatoms. The van der Waals surface area contributed by atoms with Crippen LogP contribution in [0, 0.1) is 6.92 Å². The van der Waals surface area contributed by atoms with Gasteiger partial charge in [0.15, 0.2) is 11.5 Å². The van der Waals surface area contributed by atoms with Gasteiger partial charge < -0.3 is 24.4 Å². The predicted octanol–water partition coefficient (Wildman–Crippen LogP) is 4.71. The quantitative estimate of drug-likeness (QED) is 0.485. The summed E-state index contributed by atoms with van der Waals surface area (Å²) in [6.45, 7) is 1.97. The third kappa shape index (κ3) is 3.66. The van der Waals surface area contributed by atoms with Crippen LogP contribution in [-0.4, -0.2) is 41.5 Å². The number of rotatable bonds is 5. The molecule has 0 bridgehead atoms. The van der Waals surface area contributed by atoms with Crippen LogP contribution >= 0.6 is 0 Å². The number of hydrogen-bond donors (Lipinski definition) is 2. The van der Waals surface area contributed by atoms with E-state index in [0.717, 1.165) is 22.2 Å². The molecule has 0 aliphatic rings. The smallest absolute Gasteiger partial charge is 0.161 e. The molecule has 31 heavy (non-hydrogen) atoms. The molecule has 0 atom stereocenters. The molecule has 0 saturated heterocycles. The lowest BCUT2D eigenvalue weighted by molar-refractivity contribution is 0.370. The summed E-state index contributed by atoms with van der Waals surface area (Å²) in [5.41, 5.74) is 4.05. The molecule has 4 aromatic rings. The second-order valence-corrected chi connectivity index (χ2v) is 7.04. The minimum atomic E-state index is -0.159. The number of phenolic OH excluding ortho intramolecular Hbond substituents is 2. The summed E-state index contributed by atoms with van der Waals surface area (Å²) in [6.07, 6.45) is 1.79. The van der Waals surface area contributed by atoms with Crippen LogP contribution in [-0.2, 0) is 0 Å². The summed E-state index contributed by atoms with van der Waals surface area (Å²) in [5, 5.41) is 21.3. The van der Waals surface area contributed by atoms with E-state index >= 15 is 0 Å². The number of aromatic hydroxyl groups is 2. The van der Waals surface area contributed by atoms with Gasteiger partial charge in [0.2, 0.25) is 0 Å². The fourth-order valence-electron chi connectivity index (χ4n) is 3.48. The van der Waals surface area contributed by atoms with E-state index < -0.39 is 0 Å². The van der Waals surface area contributed by atoms with Crippen molar-refractivity contribution in [2.45, 2.75) is 6.92 Å². The molecule has 0 aliphatic carbocycles. The summed E-state index contributed by atoms with van der Waals surface area (Å²) in [7, 11) is 4.61. The number of aryl methyl sites for hydroxylation is 1. The van der Waals surface area contributed by atoms with E-state index in [2.05, 4.69) is 4.98 Å². The highest BCUT2D eigenvalue weighted by Gasteiger charge is 2.19. The molecule has 2 aromatic carbocycles. The van der Waals surface area contributed by atoms with Crippen LogP contribution in [0.5, 0.6) is 28.7 Å². The number of hydrogen-bond acceptors (Lipinski definition) is 7. The molecule has 0 amide bonds. The molecular weight excluding hydrogens is 396 g/mol. The van der Waals surface area contributed by atoms with Gasteiger partial charge in [-0.05, 0) is 30.7 Å². The van der Waals surface area contributed by atoms with E-state index in [1.807, 2.05) is 25.1 Å². The van der Waals surface area contributed by atoms with Gasteiger partial charge in [0.25, 0.3) is 0 Å². The molecule has 0 spiro atoms. The van der Waals surface area contributed by atoms with Gasteiger partial charge >= 0.3 is 0 Å². The van der Waals surface area contributed by atoms with Crippen molar-refractivity contribution in [2.75, 3.05) is 21.3 Å². The lowest BCUT2D eigenvalue weighted by Crippen LogP contribution is -1.96. The van der Waals surface area contributed by atoms with E-state index in [0.29, 0.717) is 28.3 Å². The Morgan fingerprint density at radius 2 is 1.52 bits per heavy atom. The largest absolute Gasteiger partial charge is 0.507 e. The first-order valence-electron chi connectivity index (χ1n) is 9.55. The number of fused-ring (bicyclic) bond motifs is 1. The Kier molecular flexibility index (Phi) is 5.25. The van der Waals surface area contributed by atoms with Crippen LogP contribution in [0.15, 0.2) is 48.7 Å². The Morgan fingerprint density at radius 3 is 2.16 bits per heavy atom. The lowest BCUT2D eigenvalue weighted by Gasteiger charge is -2.15. The van der Waals surface area contributed by atoms with E-state index in [9.17, 15) is 10.2 Å². The van der Waals surface area contributed by atoms with Crippen LogP contribution < -0.4 is 14.2 Å². The molecule has 158 valence electrons. The van der Waals surface area contributed by atoms with Gasteiger partial charge in [0.1, 0.15) is 17.2 Å². The molecule has 2 heterocycles. The zero-order valence-electron chi connectivity index (χ0n) is 17.6. The van der Waals surface area contributed by atoms with Gasteiger partial charge in [-0.15, -0.1) is 0 Å². The second-order valence-electron chi connectivity index (χ2n) is 7.04. The average molecular weight is 418 g/mol. The number of methoxy groups -OCH3 is 3. The highest BCUT2D eigenvalue weighted by atomic mass is 16.5. The number of benzene rings is 2. The summed E-state index contributed by atoms with van der Waals surface area (Å²) in [4.78, 5) is 9.33. The lowest BCUT2D eigenvalue weighted by atomic mass is 9.99. The van der Waals surface area contributed by atoms with Crippen LogP contribution in [0.3, 0.4) is 0 Å². The molecule has 0 saturated carbocycles. The zero-order chi connectivity index (χ0) is 22.1. The van der Waals surface area contributed by atoms with Crippen molar-refractivity contribution < 1.29 is 24.4 Å². The average Bonchev–Trinajstić information content (AvgIpc) is 2.78. The first kappa shape index (κ1) is 20.3. The molecule has 0 radical (unpaired) electrons. The minimum Gasteiger partial charge on any atom is -0.507 e. The van der Waals surface area contributed by atoms with Crippen LogP contribution in [0.2, 0.25) is 0 Å². The highest BCUT2D eigenvalue weighted by Crippen LogP contribution is 2.43. The maximum absolute atomic E-state index is 10.5. The fourth-order valence-corrected chi connectivity index (χ4v) is 3.48. The van der Waals surface area contributed by atoms with Crippen molar-refractivity contribution in [2.24, 2.45) is 0 Å². The highest BCUT2D eigenvalue weighted by molar-refractivity contribution is 6.01. The van der Waals surface area contributed by atoms with Crippen molar-refractivity contribution in [1.29, 1.82) is 0 Å². The van der Waals surface area contributed by atoms with Crippen LogP contribution in [0.4, 0.5) is 0 Å². The number of phenols is 2. The number of nitrogens with zero attached hydrogens (tertiary/aromatic N) is 2. The van der Waals surface area contributed by atoms with Crippen LogP contribution in [0.1, 0.15) is 5.56 Å². The van der Waals surface area contributed by atoms with E-state index in [-0.39, 0.29) is 17.2 Å². The van der Waals surface area contributed by atoms with Gasteiger partial charge in [-0.1, -0.05) is 6.07 Å². The molecule has 7 nitrogen and oxygen atoms in total. The van der Waals surface area contributed by atoms with E-state index in [1.165, 1.54) is 13.2 Å². The zero-order valence-corrected chi connectivity index (χ0v) is 17.6. The molecule has 0 fully saturated rings. The van der Waals surface area contributed by atoms with Gasteiger partial charge in [-0.3, -0.25) is 4.98 Å². The van der Waals surface area contributed by atoms with E-state index in [4.69, 9.17) is 19.2 Å². The molecule has 0 aliphatic heterocycles. The number of pyridine rings is 2.